The molecule has 4 aliphatic rings. The van der Waals surface area contributed by atoms with Crippen molar-refractivity contribution in [3.05, 3.63) is 130 Å². The van der Waals surface area contributed by atoms with Crippen LogP contribution in [0.25, 0.3) is 0 Å². The molecule has 1 saturated carbocycles. The number of hydrogen-bond acceptors (Lipinski definition) is 7. The number of rotatable bonds is 5. The molecule has 0 aromatic heterocycles. The first-order valence-corrected chi connectivity index (χ1v) is 16.5. The van der Waals surface area contributed by atoms with Crippen molar-refractivity contribution in [2.75, 3.05) is 9.80 Å². The molecular weight excluding hydrogens is 660 g/mol. The number of hydrogen-bond donors (Lipinski definition) is 3. The highest BCUT2D eigenvalue weighted by molar-refractivity contribution is 6.32. The molecule has 50 heavy (non-hydrogen) atoms. The summed E-state index contributed by atoms with van der Waals surface area (Å²) in [5, 5.41) is 31.6. The number of carbonyl (C=O) groups excluding carboxylic acids is 4. The van der Waals surface area contributed by atoms with Gasteiger partial charge in [-0.15, -0.1) is 0 Å². The van der Waals surface area contributed by atoms with Crippen molar-refractivity contribution in [3.8, 4) is 11.5 Å². The first-order chi connectivity index (χ1) is 24.0. The number of nitrogens with zero attached hydrogens (tertiary/aromatic N) is 2. The minimum atomic E-state index is -1.53. The summed E-state index contributed by atoms with van der Waals surface area (Å²) in [6, 6.07) is 25.7. The second kappa shape index (κ2) is 11.4. The van der Waals surface area contributed by atoms with E-state index in [-0.39, 0.29) is 29.8 Å². The standard InChI is InChI=1S/C39H29ClN2O8/c40-21-9-6-10-22(17-21)42-35(46)29-19-28-24(33(25-11-4-5-12-30(25)43)39(29,38(42)50)20-7-2-1-3-8-20)15-16-27-32(28)36(47)41(34(27)45)23-13-14-26(37(48)49)31(44)18-23/h1-15,17-18,27-29,32-33,43-44H,16,19H2,(H,48,49). The number of carboxylic acid groups (broad SMARTS) is 1. The third-order valence-electron chi connectivity index (χ3n) is 10.9. The predicted molar refractivity (Wildman–Crippen MR) is 182 cm³/mol. The molecule has 0 bridgehead atoms. The zero-order valence-corrected chi connectivity index (χ0v) is 27.0. The normalized spacial score (nSPS) is 27.1. The Morgan fingerprint density at radius 3 is 2.16 bits per heavy atom. The van der Waals surface area contributed by atoms with Crippen molar-refractivity contribution in [1.82, 2.24) is 0 Å². The third-order valence-corrected chi connectivity index (χ3v) is 11.1. The number of phenolic OH excluding ortho intramolecular Hbond substituents is 1. The molecule has 6 atom stereocenters. The molecule has 4 aromatic carbocycles. The van der Waals surface area contributed by atoms with E-state index in [1.165, 1.54) is 12.1 Å². The maximum atomic E-state index is 15.2. The van der Waals surface area contributed by atoms with E-state index in [2.05, 4.69) is 0 Å². The summed E-state index contributed by atoms with van der Waals surface area (Å²) < 4.78 is 0. The van der Waals surface area contributed by atoms with Gasteiger partial charge in [-0.05, 0) is 60.7 Å². The summed E-state index contributed by atoms with van der Waals surface area (Å²) in [6.45, 7) is 0. The lowest BCUT2D eigenvalue weighted by molar-refractivity contribution is -0.127. The molecule has 2 aliphatic carbocycles. The number of carbonyl (C=O) groups is 5. The molecule has 10 nitrogen and oxygen atoms in total. The Hall–Kier alpha value is -5.74. The van der Waals surface area contributed by atoms with E-state index in [4.69, 9.17) is 11.6 Å². The maximum Gasteiger partial charge on any atom is 0.339 e. The van der Waals surface area contributed by atoms with Gasteiger partial charge in [0.05, 0.1) is 34.5 Å². The minimum Gasteiger partial charge on any atom is -0.508 e. The molecule has 2 aliphatic heterocycles. The molecule has 0 spiro atoms. The number of fused-ring (bicyclic) bond motifs is 4. The number of carboxylic acids is 1. The number of allylic oxidation sites excluding steroid dienone is 2. The number of anilines is 2. The fourth-order valence-corrected chi connectivity index (χ4v) is 9.10. The molecule has 3 fully saturated rings. The van der Waals surface area contributed by atoms with Gasteiger partial charge in [0.15, 0.2) is 0 Å². The van der Waals surface area contributed by atoms with E-state index >= 15 is 4.79 Å². The van der Waals surface area contributed by atoms with E-state index in [1.807, 2.05) is 12.1 Å². The smallest absolute Gasteiger partial charge is 0.339 e. The number of imide groups is 2. The molecule has 8 rings (SSSR count). The van der Waals surface area contributed by atoms with Crippen molar-refractivity contribution in [2.45, 2.75) is 24.2 Å². The van der Waals surface area contributed by atoms with E-state index in [0.717, 1.165) is 21.9 Å². The van der Waals surface area contributed by atoms with Gasteiger partial charge in [-0.1, -0.05) is 77.8 Å². The van der Waals surface area contributed by atoms with Crippen molar-refractivity contribution in [2.24, 2.45) is 23.7 Å². The summed E-state index contributed by atoms with van der Waals surface area (Å²) in [5.41, 5.74) is 0.0837. The van der Waals surface area contributed by atoms with Gasteiger partial charge in [-0.25, -0.2) is 14.6 Å². The summed E-state index contributed by atoms with van der Waals surface area (Å²) in [4.78, 5) is 72.0. The SMILES string of the molecule is O=C(O)c1ccc(N2C(=O)C3CC=C4C(CC5C(=O)N(c6cccc(Cl)c6)C(=O)C5(c5ccccc5)C4c4ccccc4O)C3C2=O)cc1O. The highest BCUT2D eigenvalue weighted by Crippen LogP contribution is 2.65. The van der Waals surface area contributed by atoms with Crippen LogP contribution in [0.1, 0.15) is 40.2 Å². The second-order valence-electron chi connectivity index (χ2n) is 13.2. The van der Waals surface area contributed by atoms with Crippen LogP contribution in [0.15, 0.2) is 109 Å². The molecule has 2 heterocycles. The van der Waals surface area contributed by atoms with Gasteiger partial charge in [0.2, 0.25) is 23.6 Å². The Bertz CT molecular complexity index is 2180. The van der Waals surface area contributed by atoms with Crippen LogP contribution >= 0.6 is 11.6 Å². The summed E-state index contributed by atoms with van der Waals surface area (Å²) in [6.07, 6.45) is 2.09. The van der Waals surface area contributed by atoms with Gasteiger partial charge in [0.25, 0.3) is 0 Å². The summed E-state index contributed by atoms with van der Waals surface area (Å²) in [5.74, 6) is -8.36. The van der Waals surface area contributed by atoms with Gasteiger partial charge >= 0.3 is 5.97 Å². The Balaban J connectivity index is 1.32. The number of benzene rings is 4. The molecule has 4 amide bonds. The Kier molecular flexibility index (Phi) is 7.20. The van der Waals surface area contributed by atoms with Crippen LogP contribution < -0.4 is 9.80 Å². The largest absolute Gasteiger partial charge is 0.508 e. The predicted octanol–water partition coefficient (Wildman–Crippen LogP) is 5.82. The molecule has 6 unspecified atom stereocenters. The quantitative estimate of drug-likeness (QED) is 0.175. The summed E-state index contributed by atoms with van der Waals surface area (Å²) in [7, 11) is 0. The number of phenols is 2. The van der Waals surface area contributed by atoms with Crippen LogP contribution in [0.5, 0.6) is 11.5 Å². The average Bonchev–Trinajstić information content (AvgIpc) is 3.49. The van der Waals surface area contributed by atoms with E-state index in [1.54, 1.807) is 66.7 Å². The van der Waals surface area contributed by atoms with Crippen molar-refractivity contribution in [1.29, 1.82) is 0 Å². The van der Waals surface area contributed by atoms with Gasteiger partial charge in [-0.2, -0.15) is 0 Å². The molecule has 11 heteroatoms. The van der Waals surface area contributed by atoms with Crippen LogP contribution in [0.4, 0.5) is 11.4 Å². The highest BCUT2D eigenvalue weighted by Gasteiger charge is 2.70. The van der Waals surface area contributed by atoms with Crippen LogP contribution in [-0.4, -0.2) is 44.9 Å². The fraction of sp³-hybridized carbons (Fsp3) is 0.205. The van der Waals surface area contributed by atoms with Gasteiger partial charge in [-0.3, -0.25) is 19.2 Å². The number of para-hydroxylation sites is 1. The highest BCUT2D eigenvalue weighted by atomic mass is 35.5. The zero-order valence-electron chi connectivity index (χ0n) is 26.3. The number of halogens is 1. The first-order valence-electron chi connectivity index (χ1n) is 16.2. The van der Waals surface area contributed by atoms with Gasteiger partial charge in [0.1, 0.15) is 17.1 Å². The number of amides is 4. The van der Waals surface area contributed by atoms with Crippen LogP contribution in [-0.2, 0) is 24.6 Å². The lowest BCUT2D eigenvalue weighted by atomic mass is 9.49. The van der Waals surface area contributed by atoms with Crippen molar-refractivity contribution >= 4 is 52.6 Å². The van der Waals surface area contributed by atoms with E-state index in [0.29, 0.717) is 27.4 Å². The minimum absolute atomic E-state index is 0.0318. The van der Waals surface area contributed by atoms with Gasteiger partial charge < -0.3 is 15.3 Å². The van der Waals surface area contributed by atoms with Crippen LogP contribution in [0, 0.1) is 23.7 Å². The zero-order chi connectivity index (χ0) is 35.1. The van der Waals surface area contributed by atoms with Crippen molar-refractivity contribution < 1.29 is 39.3 Å². The van der Waals surface area contributed by atoms with Crippen LogP contribution in [0.3, 0.4) is 0 Å². The molecule has 250 valence electrons. The number of aromatic hydroxyl groups is 2. The topological polar surface area (TPSA) is 153 Å². The van der Waals surface area contributed by atoms with E-state index < -0.39 is 70.4 Å². The maximum absolute atomic E-state index is 15.2. The average molecular weight is 689 g/mol. The third kappa shape index (κ3) is 4.31. The molecular formula is C39H29ClN2O8. The second-order valence-corrected chi connectivity index (χ2v) is 13.6. The van der Waals surface area contributed by atoms with Gasteiger partial charge in [0, 0.05) is 22.6 Å². The number of aromatic carboxylic acids is 1. The molecule has 4 aromatic rings. The fourth-order valence-electron chi connectivity index (χ4n) is 8.91. The molecule has 2 saturated heterocycles. The Labute approximate surface area is 290 Å². The van der Waals surface area contributed by atoms with Crippen LogP contribution in [0.2, 0.25) is 5.02 Å². The Morgan fingerprint density at radius 1 is 0.740 bits per heavy atom. The monoisotopic (exact) mass is 688 g/mol. The van der Waals surface area contributed by atoms with Crippen molar-refractivity contribution in [3.63, 3.8) is 0 Å². The lowest BCUT2D eigenvalue weighted by Gasteiger charge is -2.50. The Morgan fingerprint density at radius 2 is 1.46 bits per heavy atom. The van der Waals surface area contributed by atoms with E-state index in [9.17, 15) is 34.5 Å². The summed E-state index contributed by atoms with van der Waals surface area (Å²) >= 11 is 6.35. The molecule has 0 radical (unpaired) electrons. The first kappa shape index (κ1) is 31.5. The molecule has 3 N–H and O–H groups in total. The lowest BCUT2D eigenvalue weighted by Crippen LogP contribution is -2.53.